The van der Waals surface area contributed by atoms with Gasteiger partial charge >= 0.3 is 36.1 Å². The highest BCUT2D eigenvalue weighted by molar-refractivity contribution is 6.01. The van der Waals surface area contributed by atoms with Crippen molar-refractivity contribution in [3.63, 3.8) is 0 Å². The number of aliphatic hydroxyl groups is 2. The molecule has 22 heteroatoms. The fourth-order valence-corrected chi connectivity index (χ4v) is 6.56. The average Bonchev–Trinajstić information content (AvgIpc) is 3.32. The van der Waals surface area contributed by atoms with E-state index in [9.17, 15) is 73.3 Å². The van der Waals surface area contributed by atoms with Gasteiger partial charge in [0.2, 0.25) is 11.6 Å². The maximum Gasteiger partial charge on any atom is 0.453 e. The first kappa shape index (κ1) is 56.2. The van der Waals surface area contributed by atoms with Crippen molar-refractivity contribution in [3.05, 3.63) is 155 Å². The lowest BCUT2D eigenvalue weighted by Gasteiger charge is -2.30. The molecule has 5 aromatic carbocycles. The van der Waals surface area contributed by atoms with Crippen LogP contribution in [0.2, 0.25) is 0 Å². The summed E-state index contributed by atoms with van der Waals surface area (Å²) in [6, 6.07) is 25.7. The van der Waals surface area contributed by atoms with Crippen molar-refractivity contribution in [2.45, 2.75) is 68.0 Å². The molecular weight excluding hydrogens is 991 g/mol. The Kier molecular flexibility index (Phi) is 18.2. The van der Waals surface area contributed by atoms with Crippen LogP contribution in [0.25, 0.3) is 12.2 Å². The Hall–Kier alpha value is -7.72. The van der Waals surface area contributed by atoms with E-state index in [0.29, 0.717) is 11.1 Å². The number of carbonyl (C=O) groups excluding carboxylic acids is 4. The van der Waals surface area contributed by atoms with Gasteiger partial charge in [-0.2, -0.15) is 43.9 Å². The Morgan fingerprint density at radius 3 is 1.33 bits per heavy atom. The van der Waals surface area contributed by atoms with Crippen molar-refractivity contribution in [1.29, 1.82) is 0 Å². The van der Waals surface area contributed by atoms with Crippen LogP contribution in [0.4, 0.5) is 55.3 Å². The van der Waals surface area contributed by atoms with E-state index < -0.39 is 105 Å². The van der Waals surface area contributed by atoms with Gasteiger partial charge in [-0.3, -0.25) is 9.59 Å². The highest BCUT2D eigenvalue weighted by atomic mass is 19.4. The molecule has 0 amide bonds. The summed E-state index contributed by atoms with van der Waals surface area (Å²) in [5.41, 5.74) is 13.0. The molecule has 0 aliphatic rings. The summed E-state index contributed by atoms with van der Waals surface area (Å²) >= 11 is 0. The normalized spacial score (nSPS) is 12.9. The van der Waals surface area contributed by atoms with Crippen LogP contribution in [0.3, 0.4) is 0 Å². The quantitative estimate of drug-likeness (QED) is 0.00920. The topological polar surface area (TPSA) is 198 Å². The molecule has 0 aromatic heterocycles. The van der Waals surface area contributed by atoms with Crippen LogP contribution < -0.4 is 30.4 Å². The molecule has 0 aliphatic carbocycles. The second kappa shape index (κ2) is 23.7. The van der Waals surface area contributed by atoms with Gasteiger partial charge in [0, 0.05) is 30.6 Å². The number of ether oxygens (including phenoxy) is 4. The first-order valence-corrected chi connectivity index (χ1v) is 21.7. The van der Waals surface area contributed by atoms with Crippen LogP contribution in [0.5, 0.6) is 23.0 Å². The van der Waals surface area contributed by atoms with Gasteiger partial charge < -0.3 is 40.6 Å². The number of hydrogen-bond acceptors (Lipinski definition) is 12. The van der Waals surface area contributed by atoms with Gasteiger partial charge in [-0.15, -0.1) is 0 Å². The van der Waals surface area contributed by atoms with E-state index in [0.717, 1.165) is 12.2 Å². The molecule has 0 bridgehead atoms. The molecule has 0 fully saturated rings. The molecule has 0 radical (unpaired) electrons. The lowest BCUT2D eigenvalue weighted by molar-refractivity contribution is -0.284. The summed E-state index contributed by atoms with van der Waals surface area (Å²) in [4.78, 5) is 52.3. The summed E-state index contributed by atoms with van der Waals surface area (Å²) in [6.45, 7) is -0.848. The summed E-state index contributed by atoms with van der Waals surface area (Å²) in [5.74, 6) is -17.7. The zero-order chi connectivity index (χ0) is 53.8. The molecule has 0 saturated heterocycles. The standard InChI is InChI=1S/C51H44F10N2O10/c52-47(53,50(56,57)58)25-1-27-70-37-15-19-39(20-16-37)72-45(66)33-9-3-31(4-10-33)7-14-36(64)30-42(41-23-13-35(62)29-43(41)63)49(68,69)44(65)24-8-32-5-11-34(12-6-32)46(67)73-40-21-17-38(18-22-40)71-28-2-26-48(54,55)51(59,60)61/h3-24,29,42,68-69H,1-2,25-28,30,62-63H2/b14-7+,24-8+. The fraction of sp³-hybridized carbons (Fsp3) is 0.255. The fourth-order valence-electron chi connectivity index (χ4n) is 6.56. The molecule has 388 valence electrons. The second-order valence-corrected chi connectivity index (χ2v) is 16.1. The maximum atomic E-state index is 13.4. The largest absolute Gasteiger partial charge is 0.494 e. The lowest BCUT2D eigenvalue weighted by Crippen LogP contribution is -2.44. The highest BCUT2D eigenvalue weighted by Crippen LogP contribution is 2.40. The van der Waals surface area contributed by atoms with E-state index in [1.165, 1.54) is 127 Å². The third-order valence-electron chi connectivity index (χ3n) is 10.6. The molecular formula is C51H44F10N2O10. The first-order valence-electron chi connectivity index (χ1n) is 21.7. The van der Waals surface area contributed by atoms with Crippen molar-refractivity contribution in [2.75, 3.05) is 24.7 Å². The van der Waals surface area contributed by atoms with Crippen molar-refractivity contribution in [3.8, 4) is 23.0 Å². The van der Waals surface area contributed by atoms with Crippen molar-refractivity contribution in [1.82, 2.24) is 0 Å². The zero-order valence-corrected chi connectivity index (χ0v) is 37.9. The maximum absolute atomic E-state index is 13.4. The van der Waals surface area contributed by atoms with E-state index in [2.05, 4.69) is 0 Å². The van der Waals surface area contributed by atoms with Crippen molar-refractivity contribution in [2.24, 2.45) is 0 Å². The molecule has 0 heterocycles. The minimum Gasteiger partial charge on any atom is -0.494 e. The van der Waals surface area contributed by atoms with Crippen molar-refractivity contribution >= 4 is 47.0 Å². The average molecular weight is 1030 g/mol. The van der Waals surface area contributed by atoms with Crippen LogP contribution in [-0.4, -0.2) is 76.9 Å². The lowest BCUT2D eigenvalue weighted by atomic mass is 9.82. The zero-order valence-electron chi connectivity index (χ0n) is 37.9. The third kappa shape index (κ3) is 15.9. The Morgan fingerprint density at radius 2 is 0.932 bits per heavy atom. The smallest absolute Gasteiger partial charge is 0.453 e. The molecule has 12 nitrogen and oxygen atoms in total. The number of anilines is 2. The monoisotopic (exact) mass is 1030 g/mol. The van der Waals surface area contributed by atoms with Crippen LogP contribution in [0.1, 0.15) is 75.4 Å². The number of hydrogen-bond donors (Lipinski definition) is 4. The van der Waals surface area contributed by atoms with Crippen LogP contribution in [0.15, 0.2) is 127 Å². The number of nitrogens with two attached hydrogens (primary N) is 2. The number of benzene rings is 5. The number of halogens is 10. The molecule has 5 rings (SSSR count). The van der Waals surface area contributed by atoms with E-state index in [4.69, 9.17) is 30.4 Å². The number of alkyl halides is 10. The number of ketones is 2. The van der Waals surface area contributed by atoms with Crippen molar-refractivity contribution < 1.29 is 92.2 Å². The number of esters is 2. The minimum absolute atomic E-state index is 0.0113. The number of nitrogen functional groups attached to an aromatic ring is 2. The second-order valence-electron chi connectivity index (χ2n) is 16.1. The molecule has 1 unspecified atom stereocenters. The highest BCUT2D eigenvalue weighted by Gasteiger charge is 2.57. The van der Waals surface area contributed by atoms with Gasteiger partial charge in [0.1, 0.15) is 23.0 Å². The van der Waals surface area contributed by atoms with Gasteiger partial charge in [0.25, 0.3) is 0 Å². The summed E-state index contributed by atoms with van der Waals surface area (Å²) in [5, 5.41) is 22.7. The third-order valence-corrected chi connectivity index (χ3v) is 10.6. The van der Waals surface area contributed by atoms with Crippen LogP contribution in [0, 0.1) is 0 Å². The van der Waals surface area contributed by atoms with E-state index >= 15 is 0 Å². The summed E-state index contributed by atoms with van der Waals surface area (Å²) < 4.78 is 147. The van der Waals surface area contributed by atoms with Gasteiger partial charge in [-0.1, -0.05) is 42.5 Å². The predicted octanol–water partition coefficient (Wildman–Crippen LogP) is 10.7. The van der Waals surface area contributed by atoms with E-state index in [1.54, 1.807) is 0 Å². The molecule has 5 aromatic rings. The van der Waals surface area contributed by atoms with E-state index in [1.807, 2.05) is 0 Å². The number of rotatable bonds is 23. The number of carbonyl (C=O) groups is 4. The predicted molar refractivity (Wildman–Crippen MR) is 245 cm³/mol. The Bertz CT molecular complexity index is 2760. The van der Waals surface area contributed by atoms with Gasteiger partial charge in [-0.25, -0.2) is 9.59 Å². The molecule has 73 heavy (non-hydrogen) atoms. The van der Waals surface area contributed by atoms with Gasteiger partial charge in [-0.05, 0) is 127 Å². The van der Waals surface area contributed by atoms with Crippen LogP contribution >= 0.6 is 0 Å². The summed E-state index contributed by atoms with van der Waals surface area (Å²) in [6.07, 6.45) is -11.5. The van der Waals surface area contributed by atoms with Gasteiger partial charge in [0.05, 0.1) is 30.3 Å². The Morgan fingerprint density at radius 1 is 0.534 bits per heavy atom. The molecule has 1 atom stereocenters. The molecule has 6 N–H and O–H groups in total. The van der Waals surface area contributed by atoms with E-state index in [-0.39, 0.29) is 51.1 Å². The number of allylic oxidation sites excluding steroid dienone is 1. The first-order chi connectivity index (χ1) is 34.1. The molecule has 0 spiro atoms. The molecule has 0 aliphatic heterocycles. The molecule has 0 saturated carbocycles. The Balaban J connectivity index is 1.15. The Labute approximate surface area is 409 Å². The minimum atomic E-state index is -5.67. The van der Waals surface area contributed by atoms with Crippen LogP contribution in [-0.2, 0) is 9.59 Å². The van der Waals surface area contributed by atoms with Gasteiger partial charge in [0.15, 0.2) is 5.78 Å². The summed E-state index contributed by atoms with van der Waals surface area (Å²) in [7, 11) is 0. The SMILES string of the molecule is Nc1ccc(C(CC(=O)/C=C/c2ccc(C(=O)Oc3ccc(OCCCC(F)(F)C(F)(F)F)cc3)cc2)C(O)(O)C(=O)/C=C/c2ccc(C(=O)Oc3ccc(OCCCC(F)(F)C(F)(F)F)cc3)cc2)c(N)c1.